The summed E-state index contributed by atoms with van der Waals surface area (Å²) in [7, 11) is 0. The number of rotatable bonds is 1. The molecule has 0 bridgehead atoms. The van der Waals surface area contributed by atoms with E-state index in [1.807, 2.05) is 0 Å². The summed E-state index contributed by atoms with van der Waals surface area (Å²) in [5.41, 5.74) is 5.91. The van der Waals surface area contributed by atoms with Crippen molar-refractivity contribution >= 4 is 0 Å². The smallest absolute Gasteiger partial charge is 0.00889 e. The quantitative estimate of drug-likeness (QED) is 0.615. The maximum absolute atomic E-state index is 5.91. The van der Waals surface area contributed by atoms with Crippen LogP contribution in [-0.4, -0.2) is 30.1 Å². The Balaban J connectivity index is 2.40. The molecule has 0 aromatic carbocycles. The van der Waals surface area contributed by atoms with Crippen LogP contribution in [0.2, 0.25) is 0 Å². The highest BCUT2D eigenvalue weighted by Crippen LogP contribution is 2.16. The van der Waals surface area contributed by atoms with Gasteiger partial charge in [0.15, 0.2) is 0 Å². The van der Waals surface area contributed by atoms with Crippen molar-refractivity contribution in [3.05, 3.63) is 0 Å². The van der Waals surface area contributed by atoms with Gasteiger partial charge in [-0.05, 0) is 32.7 Å². The van der Waals surface area contributed by atoms with E-state index in [4.69, 9.17) is 5.73 Å². The van der Waals surface area contributed by atoms with E-state index in [2.05, 4.69) is 25.7 Å². The Kier molecular flexibility index (Phi) is 2.90. The topological polar surface area (TPSA) is 29.3 Å². The minimum absolute atomic E-state index is 0.435. The summed E-state index contributed by atoms with van der Waals surface area (Å²) in [4.78, 5) is 2.51. The molecule has 0 unspecified atom stereocenters. The number of nitrogens with zero attached hydrogens (tertiary/aromatic N) is 1. The number of nitrogens with two attached hydrogens (primary N) is 1. The Morgan fingerprint density at radius 2 is 2.09 bits per heavy atom. The van der Waals surface area contributed by atoms with Gasteiger partial charge in [-0.1, -0.05) is 6.92 Å². The second kappa shape index (κ2) is 3.55. The van der Waals surface area contributed by atoms with Crippen molar-refractivity contribution in [2.24, 2.45) is 11.7 Å². The van der Waals surface area contributed by atoms with Crippen molar-refractivity contribution in [2.75, 3.05) is 13.1 Å². The Hall–Kier alpha value is -0.0800. The van der Waals surface area contributed by atoms with E-state index >= 15 is 0 Å². The fourth-order valence-corrected chi connectivity index (χ4v) is 1.67. The van der Waals surface area contributed by atoms with Gasteiger partial charge < -0.3 is 10.6 Å². The van der Waals surface area contributed by atoms with E-state index in [0.29, 0.717) is 18.0 Å². The van der Waals surface area contributed by atoms with E-state index in [1.54, 1.807) is 0 Å². The van der Waals surface area contributed by atoms with E-state index in [9.17, 15) is 0 Å². The van der Waals surface area contributed by atoms with Crippen LogP contribution in [0, 0.1) is 5.92 Å². The van der Waals surface area contributed by atoms with Gasteiger partial charge in [-0.2, -0.15) is 0 Å². The zero-order valence-electron chi connectivity index (χ0n) is 7.88. The number of piperidine rings is 1. The van der Waals surface area contributed by atoms with Gasteiger partial charge in [-0.25, -0.2) is 0 Å². The van der Waals surface area contributed by atoms with E-state index < -0.39 is 0 Å². The molecule has 2 atom stereocenters. The number of hydrogen-bond donors (Lipinski definition) is 1. The summed E-state index contributed by atoms with van der Waals surface area (Å²) in [5.74, 6) is 0.672. The van der Waals surface area contributed by atoms with Crippen LogP contribution in [-0.2, 0) is 0 Å². The van der Waals surface area contributed by atoms with Gasteiger partial charge in [-0.15, -0.1) is 0 Å². The lowest BCUT2D eigenvalue weighted by Crippen LogP contribution is -2.48. The first-order valence-corrected chi connectivity index (χ1v) is 4.61. The zero-order chi connectivity index (χ0) is 8.43. The van der Waals surface area contributed by atoms with Crippen LogP contribution < -0.4 is 5.73 Å². The highest BCUT2D eigenvalue weighted by atomic mass is 15.2. The van der Waals surface area contributed by atoms with Crippen molar-refractivity contribution in [3.63, 3.8) is 0 Å². The first-order valence-electron chi connectivity index (χ1n) is 4.61. The summed E-state index contributed by atoms with van der Waals surface area (Å²) in [5, 5.41) is 0. The summed E-state index contributed by atoms with van der Waals surface area (Å²) in [6.07, 6.45) is 1.17. The van der Waals surface area contributed by atoms with Gasteiger partial charge in [0, 0.05) is 18.6 Å². The van der Waals surface area contributed by atoms with Crippen molar-refractivity contribution in [3.8, 4) is 0 Å². The van der Waals surface area contributed by atoms with Crippen LogP contribution in [0.15, 0.2) is 0 Å². The predicted octanol–water partition coefficient (Wildman–Crippen LogP) is 1.06. The molecule has 0 aromatic heterocycles. The molecule has 2 N–H and O–H groups in total. The number of likely N-dealkylation sites (tertiary alicyclic amines) is 1. The van der Waals surface area contributed by atoms with Gasteiger partial charge in [0.25, 0.3) is 0 Å². The standard InChI is InChI=1S/C9H20N2/c1-7(2)11-5-4-9(10)8(3)6-11/h7-9H,4-6,10H2,1-3H3/t8-,9+/m1/s1. The summed E-state index contributed by atoms with van der Waals surface area (Å²) in [6.45, 7) is 9.12. The molecule has 0 saturated carbocycles. The van der Waals surface area contributed by atoms with Crippen LogP contribution in [0.5, 0.6) is 0 Å². The zero-order valence-corrected chi connectivity index (χ0v) is 7.88. The average molecular weight is 156 g/mol. The third kappa shape index (κ3) is 2.17. The molecule has 1 aliphatic rings. The molecule has 2 heteroatoms. The van der Waals surface area contributed by atoms with Gasteiger partial charge in [0.1, 0.15) is 0 Å². The predicted molar refractivity (Wildman–Crippen MR) is 48.5 cm³/mol. The van der Waals surface area contributed by atoms with Crippen LogP contribution in [0.1, 0.15) is 27.2 Å². The van der Waals surface area contributed by atoms with Crippen LogP contribution >= 0.6 is 0 Å². The van der Waals surface area contributed by atoms with E-state index in [1.165, 1.54) is 19.5 Å². The lowest BCUT2D eigenvalue weighted by atomic mass is 9.94. The fraction of sp³-hybridized carbons (Fsp3) is 1.00. The first kappa shape index (κ1) is 9.01. The molecule has 0 radical (unpaired) electrons. The maximum atomic E-state index is 5.91. The summed E-state index contributed by atoms with van der Waals surface area (Å²) < 4.78 is 0. The molecule has 1 aliphatic heterocycles. The molecular formula is C9H20N2. The largest absolute Gasteiger partial charge is 0.327 e. The molecule has 0 aliphatic carbocycles. The van der Waals surface area contributed by atoms with E-state index in [0.717, 1.165) is 0 Å². The van der Waals surface area contributed by atoms with Crippen LogP contribution in [0.25, 0.3) is 0 Å². The third-order valence-electron chi connectivity index (χ3n) is 2.73. The summed E-state index contributed by atoms with van der Waals surface area (Å²) in [6, 6.07) is 1.12. The highest BCUT2D eigenvalue weighted by Gasteiger charge is 2.23. The number of hydrogen-bond acceptors (Lipinski definition) is 2. The lowest BCUT2D eigenvalue weighted by molar-refractivity contribution is 0.132. The molecular weight excluding hydrogens is 136 g/mol. The highest BCUT2D eigenvalue weighted by molar-refractivity contribution is 4.81. The van der Waals surface area contributed by atoms with Gasteiger partial charge in [0.2, 0.25) is 0 Å². The Morgan fingerprint density at radius 3 is 2.55 bits per heavy atom. The average Bonchev–Trinajstić information content (AvgIpc) is 1.94. The normalized spacial score (nSPS) is 34.6. The van der Waals surface area contributed by atoms with Crippen molar-refractivity contribution in [1.29, 1.82) is 0 Å². The lowest BCUT2D eigenvalue weighted by Gasteiger charge is -2.37. The Labute approximate surface area is 69.8 Å². The van der Waals surface area contributed by atoms with Crippen LogP contribution in [0.4, 0.5) is 0 Å². The maximum Gasteiger partial charge on any atom is 0.00889 e. The minimum Gasteiger partial charge on any atom is -0.327 e. The molecule has 1 saturated heterocycles. The van der Waals surface area contributed by atoms with Crippen molar-refractivity contribution < 1.29 is 0 Å². The van der Waals surface area contributed by atoms with Crippen molar-refractivity contribution in [1.82, 2.24) is 4.90 Å². The first-order chi connectivity index (χ1) is 5.11. The second-order valence-electron chi connectivity index (χ2n) is 4.02. The molecule has 11 heavy (non-hydrogen) atoms. The fourth-order valence-electron chi connectivity index (χ4n) is 1.67. The van der Waals surface area contributed by atoms with E-state index in [-0.39, 0.29) is 0 Å². The molecule has 0 spiro atoms. The second-order valence-corrected chi connectivity index (χ2v) is 4.02. The molecule has 66 valence electrons. The van der Waals surface area contributed by atoms with Gasteiger partial charge in [0.05, 0.1) is 0 Å². The minimum atomic E-state index is 0.435. The molecule has 1 heterocycles. The third-order valence-corrected chi connectivity index (χ3v) is 2.73. The monoisotopic (exact) mass is 156 g/mol. The van der Waals surface area contributed by atoms with Crippen molar-refractivity contribution in [2.45, 2.75) is 39.3 Å². The molecule has 2 nitrogen and oxygen atoms in total. The molecule has 1 rings (SSSR count). The Morgan fingerprint density at radius 1 is 1.45 bits per heavy atom. The van der Waals surface area contributed by atoms with Gasteiger partial charge >= 0.3 is 0 Å². The summed E-state index contributed by atoms with van der Waals surface area (Å²) >= 11 is 0. The molecule has 1 fully saturated rings. The SMILES string of the molecule is CC(C)N1CC[C@H](N)[C@H](C)C1. The van der Waals surface area contributed by atoms with Gasteiger partial charge in [-0.3, -0.25) is 0 Å². The molecule has 0 aromatic rings. The Bertz CT molecular complexity index is 123. The van der Waals surface area contributed by atoms with Crippen LogP contribution in [0.3, 0.4) is 0 Å². The molecule has 0 amide bonds.